The van der Waals surface area contributed by atoms with Crippen LogP contribution in [0, 0.1) is 0 Å². The molecule has 0 aromatic rings. The molecule has 0 aliphatic rings. The first-order valence-electron chi connectivity index (χ1n) is 42.5. The Bertz CT molecular complexity index is 2480. The van der Waals surface area contributed by atoms with E-state index in [1.807, 2.05) is 0 Å². The Kier molecular flexibility index (Phi) is 77.9. The zero-order valence-electron chi connectivity index (χ0n) is 67.5. The summed E-state index contributed by atoms with van der Waals surface area (Å²) in [6.07, 6.45) is 99.3. The number of ether oxygens (including phenoxy) is 3. The van der Waals surface area contributed by atoms with Gasteiger partial charge < -0.3 is 34.2 Å². The number of phosphoric ester groups is 2. The fraction of sp³-hybridized carbons (Fsp3) is 0.719. The van der Waals surface area contributed by atoms with E-state index in [0.29, 0.717) is 19.3 Å². The summed E-state index contributed by atoms with van der Waals surface area (Å²) in [5.41, 5.74) is 0. The highest BCUT2D eigenvalue weighted by Gasteiger charge is 2.29. The molecule has 18 heteroatoms. The van der Waals surface area contributed by atoms with Gasteiger partial charge in [0, 0.05) is 19.3 Å². The van der Waals surface area contributed by atoms with E-state index in [1.165, 1.54) is 141 Å². The van der Waals surface area contributed by atoms with E-state index in [0.717, 1.165) is 154 Å². The maximum atomic E-state index is 13.0. The van der Waals surface area contributed by atoms with Gasteiger partial charge in [-0.2, -0.15) is 0 Å². The van der Waals surface area contributed by atoms with Crippen LogP contribution in [0.5, 0.6) is 0 Å². The van der Waals surface area contributed by atoms with E-state index in [4.69, 9.17) is 32.3 Å². The average molecular weight is 1540 g/mol. The lowest BCUT2D eigenvalue weighted by atomic mass is 10.0. The highest BCUT2D eigenvalue weighted by atomic mass is 31.2. The topological polar surface area (TPSA) is 231 Å². The Morgan fingerprint density at radius 3 is 0.785 bits per heavy atom. The van der Waals surface area contributed by atoms with E-state index in [1.54, 1.807) is 0 Å². The van der Waals surface area contributed by atoms with E-state index in [2.05, 4.69) is 154 Å². The standard InChI is InChI=1S/C89H154O16P2/c1-4-7-10-13-16-19-22-25-28-30-32-34-36-38-39-40-41-42-43-45-47-48-50-52-55-57-60-63-66-69-72-75-87(92)99-78-84(90)79-101-106(95,96)102-80-85(91)81-103-107(97,98)104-83-86(105-89(94)77-74-71-68-65-62-59-54-27-24-21-18-15-12-9-6-3)82-100-88(93)76-73-70-67-64-61-58-56-53-51-49-46-44-37-35-33-31-29-26-23-20-17-14-11-8-5-2/h7-8,10-11,16-17,19-20,25-26,28-29,32-35,38-39,44,46,51,53,84-86,90-91H,4-6,9,12-15,18,21-24,27,30-31,36-37,40-43,45,47-50,52,54-83H2,1-3H3,(H,95,96)(H,97,98)/b10-7-,11-8-,19-16-,20-17-,28-25-,29-26-,34-32-,35-33-,39-38-,46-44-,53-51-. The quantitative estimate of drug-likeness (QED) is 0.0146. The van der Waals surface area contributed by atoms with Crippen LogP contribution in [0.4, 0.5) is 0 Å². The lowest BCUT2D eigenvalue weighted by molar-refractivity contribution is -0.161. The normalized spacial score (nSPS) is 14.6. The number of esters is 3. The summed E-state index contributed by atoms with van der Waals surface area (Å²) < 4.78 is 61.3. The molecule has 4 N–H and O–H groups in total. The molecule has 0 heterocycles. The number of hydrogen-bond donors (Lipinski definition) is 4. The van der Waals surface area contributed by atoms with Crippen molar-refractivity contribution in [2.24, 2.45) is 0 Å². The van der Waals surface area contributed by atoms with Crippen LogP contribution >= 0.6 is 15.6 Å². The molecule has 107 heavy (non-hydrogen) atoms. The van der Waals surface area contributed by atoms with Crippen molar-refractivity contribution < 1.29 is 75.8 Å². The molecule has 0 aliphatic heterocycles. The van der Waals surface area contributed by atoms with Gasteiger partial charge in [-0.1, -0.05) is 353 Å². The molecular formula is C89H154O16P2. The number of aliphatic hydroxyl groups excluding tert-OH is 2. The summed E-state index contributed by atoms with van der Waals surface area (Å²) in [6.45, 7) is 2.48. The van der Waals surface area contributed by atoms with Crippen LogP contribution in [0.25, 0.3) is 0 Å². The lowest BCUT2D eigenvalue weighted by Gasteiger charge is -2.21. The van der Waals surface area contributed by atoms with Crippen molar-refractivity contribution in [2.75, 3.05) is 39.6 Å². The van der Waals surface area contributed by atoms with E-state index in [9.17, 15) is 43.5 Å². The number of hydrogen-bond acceptors (Lipinski definition) is 14. The fourth-order valence-corrected chi connectivity index (χ4v) is 13.1. The molecule has 5 atom stereocenters. The van der Waals surface area contributed by atoms with Crippen molar-refractivity contribution in [3.63, 3.8) is 0 Å². The summed E-state index contributed by atoms with van der Waals surface area (Å²) in [5.74, 6) is -1.58. The molecule has 0 rings (SSSR count). The molecule has 16 nitrogen and oxygen atoms in total. The minimum absolute atomic E-state index is 0.103. The minimum Gasteiger partial charge on any atom is -0.463 e. The fourth-order valence-electron chi connectivity index (χ4n) is 11.5. The van der Waals surface area contributed by atoms with Crippen molar-refractivity contribution >= 4 is 33.6 Å². The summed E-state index contributed by atoms with van der Waals surface area (Å²) in [7, 11) is -9.80. The molecule has 0 radical (unpaired) electrons. The Morgan fingerprint density at radius 2 is 0.495 bits per heavy atom. The molecular weight excluding hydrogens is 1390 g/mol. The van der Waals surface area contributed by atoms with Gasteiger partial charge in [0.25, 0.3) is 0 Å². The van der Waals surface area contributed by atoms with Crippen LogP contribution < -0.4 is 0 Å². The predicted octanol–water partition coefficient (Wildman–Crippen LogP) is 25.4. The molecule has 0 amide bonds. The number of carbonyl (C=O) groups is 3. The van der Waals surface area contributed by atoms with Gasteiger partial charge in [-0.3, -0.25) is 32.5 Å². The highest BCUT2D eigenvalue weighted by molar-refractivity contribution is 7.47. The Labute approximate surface area is 652 Å². The van der Waals surface area contributed by atoms with Crippen LogP contribution in [0.2, 0.25) is 0 Å². The molecule has 0 aliphatic carbocycles. The van der Waals surface area contributed by atoms with Crippen molar-refractivity contribution in [3.8, 4) is 0 Å². The van der Waals surface area contributed by atoms with Gasteiger partial charge in [-0.15, -0.1) is 0 Å². The molecule has 0 bridgehead atoms. The number of carbonyl (C=O) groups excluding carboxylic acids is 3. The average Bonchev–Trinajstić information content (AvgIpc) is 0.904. The largest absolute Gasteiger partial charge is 0.472 e. The second-order valence-electron chi connectivity index (χ2n) is 28.2. The first-order valence-corrected chi connectivity index (χ1v) is 45.5. The van der Waals surface area contributed by atoms with Crippen LogP contribution in [0.15, 0.2) is 134 Å². The molecule has 0 fully saturated rings. The summed E-state index contributed by atoms with van der Waals surface area (Å²) in [6, 6.07) is 0. The van der Waals surface area contributed by atoms with Crippen LogP contribution in [-0.2, 0) is 55.8 Å². The Morgan fingerprint density at radius 1 is 0.271 bits per heavy atom. The SMILES string of the molecule is CC/C=C\C/C=C\C/C=C\C/C=C\C/C=C\C/C=C\CCCCCCCCC(=O)OCC(COP(=O)(O)OCC(O)COP(=O)(O)OCC(O)COC(=O)CCCCCCCCCCCCCCCCC/C=C\C/C=C\C/C=C\C/C=C\C/C=C\CC)OC(=O)CCCCCCCCCCCCCCCCC. The van der Waals surface area contributed by atoms with Gasteiger partial charge >= 0.3 is 33.6 Å². The third-order valence-electron chi connectivity index (χ3n) is 17.9. The van der Waals surface area contributed by atoms with E-state index < -0.39 is 91.5 Å². The predicted molar refractivity (Wildman–Crippen MR) is 445 cm³/mol. The molecule has 0 saturated carbocycles. The maximum Gasteiger partial charge on any atom is 0.472 e. The number of aliphatic hydroxyl groups is 2. The van der Waals surface area contributed by atoms with Gasteiger partial charge in [0.1, 0.15) is 25.4 Å². The molecule has 5 unspecified atom stereocenters. The van der Waals surface area contributed by atoms with Crippen molar-refractivity contribution in [2.45, 2.75) is 373 Å². The zero-order chi connectivity index (χ0) is 78.0. The minimum atomic E-state index is -4.94. The highest BCUT2D eigenvalue weighted by Crippen LogP contribution is 2.45. The van der Waals surface area contributed by atoms with Gasteiger partial charge in [-0.05, 0) is 116 Å². The van der Waals surface area contributed by atoms with E-state index >= 15 is 0 Å². The van der Waals surface area contributed by atoms with Crippen LogP contribution in [0.1, 0.15) is 355 Å². The van der Waals surface area contributed by atoms with Gasteiger partial charge in [0.05, 0.1) is 26.4 Å². The summed E-state index contributed by atoms with van der Waals surface area (Å²) in [5, 5.41) is 20.7. The van der Waals surface area contributed by atoms with Crippen LogP contribution in [0.3, 0.4) is 0 Å². The van der Waals surface area contributed by atoms with E-state index in [-0.39, 0.29) is 19.3 Å². The first-order chi connectivity index (χ1) is 52.2. The maximum absolute atomic E-state index is 13.0. The third kappa shape index (κ3) is 82.5. The van der Waals surface area contributed by atoms with Crippen molar-refractivity contribution in [1.29, 1.82) is 0 Å². The molecule has 0 aromatic carbocycles. The van der Waals surface area contributed by atoms with Gasteiger partial charge in [0.15, 0.2) is 6.10 Å². The second-order valence-corrected chi connectivity index (χ2v) is 31.1. The summed E-state index contributed by atoms with van der Waals surface area (Å²) in [4.78, 5) is 58.8. The third-order valence-corrected chi connectivity index (χ3v) is 19.8. The monoisotopic (exact) mass is 1540 g/mol. The van der Waals surface area contributed by atoms with Crippen molar-refractivity contribution in [1.82, 2.24) is 0 Å². The molecule has 0 saturated heterocycles. The Hall–Kier alpha value is -4.31. The van der Waals surface area contributed by atoms with Gasteiger partial charge in [0.2, 0.25) is 0 Å². The van der Waals surface area contributed by atoms with Crippen molar-refractivity contribution in [3.05, 3.63) is 134 Å². The lowest BCUT2D eigenvalue weighted by Crippen LogP contribution is -2.30. The molecule has 0 aromatic heterocycles. The number of unbranched alkanes of at least 4 members (excludes halogenated alkanes) is 35. The summed E-state index contributed by atoms with van der Waals surface area (Å²) >= 11 is 0. The van der Waals surface area contributed by atoms with Gasteiger partial charge in [-0.25, -0.2) is 9.13 Å². The first kappa shape index (κ1) is 103. The second kappa shape index (κ2) is 81.2. The number of rotatable bonds is 80. The number of allylic oxidation sites excluding steroid dienone is 22. The molecule has 616 valence electrons. The van der Waals surface area contributed by atoms with Crippen LogP contribution in [-0.4, -0.2) is 95.9 Å². The smallest absolute Gasteiger partial charge is 0.463 e. The zero-order valence-corrected chi connectivity index (χ0v) is 69.3. The Balaban J connectivity index is 4.51. The molecule has 0 spiro atoms. The number of phosphoric acid groups is 2.